The standard InChI is InChI=1S/C8H10BrNO/c1-4-7(9)8(6(3)11)10-5-2/h4-5H,1H2,2-3H3/b8-7+,10-5-. The first-order valence-electron chi connectivity index (χ1n) is 3.15. The molecule has 0 atom stereocenters. The highest BCUT2D eigenvalue weighted by molar-refractivity contribution is 9.11. The average Bonchev–Trinajstić information content (AvgIpc) is 1.98. The molecular weight excluding hydrogens is 206 g/mol. The highest BCUT2D eigenvalue weighted by Gasteiger charge is 2.03. The van der Waals surface area contributed by atoms with Gasteiger partial charge in [0, 0.05) is 17.6 Å². The van der Waals surface area contributed by atoms with Gasteiger partial charge in [-0.05, 0) is 22.9 Å². The Morgan fingerprint density at radius 2 is 2.18 bits per heavy atom. The van der Waals surface area contributed by atoms with Crippen molar-refractivity contribution in [3.8, 4) is 0 Å². The van der Waals surface area contributed by atoms with E-state index in [1.165, 1.54) is 6.92 Å². The zero-order chi connectivity index (χ0) is 8.85. The van der Waals surface area contributed by atoms with E-state index in [1.807, 2.05) is 0 Å². The second kappa shape index (κ2) is 5.02. The first kappa shape index (κ1) is 10.3. The molecule has 0 radical (unpaired) electrons. The van der Waals surface area contributed by atoms with Crippen LogP contribution in [0.25, 0.3) is 0 Å². The predicted molar refractivity (Wildman–Crippen MR) is 51.0 cm³/mol. The van der Waals surface area contributed by atoms with Crippen LogP contribution in [0, 0.1) is 0 Å². The molecule has 11 heavy (non-hydrogen) atoms. The number of Topliss-reactive ketones (excluding diaryl/α,β-unsaturated/α-hetero) is 1. The Morgan fingerprint density at radius 1 is 1.64 bits per heavy atom. The van der Waals surface area contributed by atoms with E-state index in [2.05, 4.69) is 27.5 Å². The number of halogens is 1. The topological polar surface area (TPSA) is 29.4 Å². The summed E-state index contributed by atoms with van der Waals surface area (Å²) in [4.78, 5) is 14.8. The Kier molecular flexibility index (Phi) is 4.70. The molecule has 0 bridgehead atoms. The van der Waals surface area contributed by atoms with Crippen LogP contribution in [0.15, 0.2) is 27.8 Å². The monoisotopic (exact) mass is 215 g/mol. The minimum Gasteiger partial charge on any atom is -0.293 e. The van der Waals surface area contributed by atoms with Gasteiger partial charge in [-0.1, -0.05) is 12.7 Å². The third-order valence-electron chi connectivity index (χ3n) is 0.997. The minimum absolute atomic E-state index is 0.0742. The maximum atomic E-state index is 10.9. The molecule has 3 heteroatoms. The van der Waals surface area contributed by atoms with Crippen molar-refractivity contribution < 1.29 is 4.79 Å². The van der Waals surface area contributed by atoms with Crippen LogP contribution in [-0.2, 0) is 4.79 Å². The average molecular weight is 216 g/mol. The summed E-state index contributed by atoms with van der Waals surface area (Å²) in [7, 11) is 0. The van der Waals surface area contributed by atoms with Crippen molar-refractivity contribution in [2.24, 2.45) is 4.99 Å². The van der Waals surface area contributed by atoms with Crippen LogP contribution >= 0.6 is 15.9 Å². The summed E-state index contributed by atoms with van der Waals surface area (Å²) < 4.78 is 0.628. The van der Waals surface area contributed by atoms with E-state index >= 15 is 0 Å². The van der Waals surface area contributed by atoms with Crippen LogP contribution in [0.4, 0.5) is 0 Å². The van der Waals surface area contributed by atoms with E-state index in [1.54, 1.807) is 19.2 Å². The van der Waals surface area contributed by atoms with Gasteiger partial charge in [0.1, 0.15) is 5.70 Å². The summed E-state index contributed by atoms with van der Waals surface area (Å²) in [5.41, 5.74) is 0.405. The number of hydrogen-bond acceptors (Lipinski definition) is 2. The number of carbonyl (C=O) groups excluding carboxylic acids is 1. The predicted octanol–water partition coefficient (Wildman–Crippen LogP) is 2.46. The van der Waals surface area contributed by atoms with E-state index < -0.39 is 0 Å². The maximum absolute atomic E-state index is 10.9. The van der Waals surface area contributed by atoms with E-state index in [-0.39, 0.29) is 5.78 Å². The molecule has 0 spiro atoms. The van der Waals surface area contributed by atoms with Gasteiger partial charge in [-0.25, -0.2) is 0 Å². The van der Waals surface area contributed by atoms with Gasteiger partial charge in [-0.2, -0.15) is 0 Å². The normalized spacial score (nSPS) is 13.0. The Morgan fingerprint density at radius 3 is 2.45 bits per heavy atom. The molecule has 0 aliphatic rings. The Balaban J connectivity index is 4.87. The lowest BCUT2D eigenvalue weighted by atomic mass is 10.3. The Labute approximate surface area is 74.8 Å². The number of ketones is 1. The maximum Gasteiger partial charge on any atom is 0.179 e. The van der Waals surface area contributed by atoms with Gasteiger partial charge in [0.2, 0.25) is 0 Å². The molecule has 0 unspecified atom stereocenters. The van der Waals surface area contributed by atoms with E-state index in [0.29, 0.717) is 10.2 Å². The molecule has 0 N–H and O–H groups in total. The molecule has 0 aromatic carbocycles. The number of aliphatic imine (C=N–C) groups is 1. The van der Waals surface area contributed by atoms with Gasteiger partial charge in [-0.3, -0.25) is 9.79 Å². The van der Waals surface area contributed by atoms with Crippen LogP contribution in [0.2, 0.25) is 0 Å². The second-order valence-corrected chi connectivity index (χ2v) is 2.70. The molecule has 0 saturated carbocycles. The van der Waals surface area contributed by atoms with Crippen LogP contribution in [0.1, 0.15) is 13.8 Å². The van der Waals surface area contributed by atoms with Crippen molar-refractivity contribution >= 4 is 27.9 Å². The van der Waals surface area contributed by atoms with Crippen LogP contribution in [0.5, 0.6) is 0 Å². The van der Waals surface area contributed by atoms with Gasteiger partial charge in [0.15, 0.2) is 5.78 Å². The molecule has 0 amide bonds. The lowest BCUT2D eigenvalue weighted by Crippen LogP contribution is -1.94. The summed E-state index contributed by atoms with van der Waals surface area (Å²) in [5, 5.41) is 0. The summed E-state index contributed by atoms with van der Waals surface area (Å²) in [6.07, 6.45) is 3.12. The molecule has 60 valence electrons. The zero-order valence-electron chi connectivity index (χ0n) is 6.60. The quantitative estimate of drug-likeness (QED) is 0.404. The van der Waals surface area contributed by atoms with Crippen molar-refractivity contribution in [3.05, 3.63) is 22.8 Å². The fraction of sp³-hybridized carbons (Fsp3) is 0.250. The molecule has 0 aliphatic heterocycles. The number of carbonyl (C=O) groups is 1. The van der Waals surface area contributed by atoms with Gasteiger partial charge in [-0.15, -0.1) is 0 Å². The second-order valence-electron chi connectivity index (χ2n) is 1.84. The molecule has 0 aromatic heterocycles. The Bertz CT molecular complexity index is 228. The lowest BCUT2D eigenvalue weighted by Gasteiger charge is -1.95. The molecule has 2 nitrogen and oxygen atoms in total. The first-order valence-corrected chi connectivity index (χ1v) is 3.94. The van der Waals surface area contributed by atoms with Crippen molar-refractivity contribution in [2.75, 3.05) is 0 Å². The summed E-state index contributed by atoms with van der Waals surface area (Å²) in [5.74, 6) is -0.0742. The zero-order valence-corrected chi connectivity index (χ0v) is 8.18. The van der Waals surface area contributed by atoms with Crippen LogP contribution in [0.3, 0.4) is 0 Å². The summed E-state index contributed by atoms with van der Waals surface area (Å²) in [6.45, 7) is 6.74. The molecule has 0 fully saturated rings. The van der Waals surface area contributed by atoms with Crippen molar-refractivity contribution in [1.29, 1.82) is 0 Å². The summed E-state index contributed by atoms with van der Waals surface area (Å²) in [6, 6.07) is 0. The number of hydrogen-bond donors (Lipinski definition) is 0. The fourth-order valence-corrected chi connectivity index (χ4v) is 0.928. The molecule has 0 heterocycles. The highest BCUT2D eigenvalue weighted by atomic mass is 79.9. The highest BCUT2D eigenvalue weighted by Crippen LogP contribution is 2.14. The van der Waals surface area contributed by atoms with Crippen molar-refractivity contribution in [1.82, 2.24) is 0 Å². The lowest BCUT2D eigenvalue weighted by molar-refractivity contribution is -0.113. The van der Waals surface area contributed by atoms with Crippen molar-refractivity contribution in [3.63, 3.8) is 0 Å². The summed E-state index contributed by atoms with van der Waals surface area (Å²) >= 11 is 3.17. The third kappa shape index (κ3) is 3.28. The number of nitrogens with zero attached hydrogens (tertiary/aromatic N) is 1. The van der Waals surface area contributed by atoms with Crippen LogP contribution in [-0.4, -0.2) is 12.0 Å². The molecule has 0 rings (SSSR count). The molecule has 0 saturated heterocycles. The van der Waals surface area contributed by atoms with E-state index in [4.69, 9.17) is 0 Å². The smallest absolute Gasteiger partial charge is 0.179 e. The Hall–Kier alpha value is -0.700. The largest absolute Gasteiger partial charge is 0.293 e. The van der Waals surface area contributed by atoms with Gasteiger partial charge in [0.05, 0.1) is 0 Å². The number of rotatable bonds is 3. The number of allylic oxidation sites excluding steroid dienone is 3. The van der Waals surface area contributed by atoms with Gasteiger partial charge in [0.25, 0.3) is 0 Å². The van der Waals surface area contributed by atoms with Gasteiger partial charge < -0.3 is 0 Å². The molecular formula is C8H10BrNO. The first-order chi connectivity index (χ1) is 5.13. The van der Waals surface area contributed by atoms with Crippen LogP contribution < -0.4 is 0 Å². The fourth-order valence-electron chi connectivity index (χ4n) is 0.547. The third-order valence-corrected chi connectivity index (χ3v) is 1.70. The van der Waals surface area contributed by atoms with E-state index in [9.17, 15) is 4.79 Å². The molecule has 0 aliphatic carbocycles. The SMILES string of the molecule is C=C/C(Br)=C(\N=C/C)C(C)=O. The van der Waals surface area contributed by atoms with Gasteiger partial charge >= 0.3 is 0 Å². The molecule has 0 aromatic rings. The van der Waals surface area contributed by atoms with E-state index in [0.717, 1.165) is 0 Å². The van der Waals surface area contributed by atoms with Crippen molar-refractivity contribution in [2.45, 2.75) is 13.8 Å². The minimum atomic E-state index is -0.0742.